The summed E-state index contributed by atoms with van der Waals surface area (Å²) in [5.74, 6) is 1.40. The molecule has 5 nitrogen and oxygen atoms in total. The molecule has 0 amide bonds. The lowest BCUT2D eigenvalue weighted by Gasteiger charge is -2.12. The molecule has 0 bridgehead atoms. The quantitative estimate of drug-likeness (QED) is 0.878. The number of fused-ring (bicyclic) bond motifs is 1. The van der Waals surface area contributed by atoms with Crippen molar-refractivity contribution in [3.63, 3.8) is 0 Å². The number of aromatic nitrogens is 2. The van der Waals surface area contributed by atoms with Crippen LogP contribution >= 0.6 is 12.2 Å². The highest BCUT2D eigenvalue weighted by molar-refractivity contribution is 7.71. The highest BCUT2D eigenvalue weighted by Crippen LogP contribution is 2.34. The smallest absolute Gasteiger partial charge is 0.178 e. The number of rotatable bonds is 3. The molecule has 0 aliphatic carbocycles. The Morgan fingerprint density at radius 1 is 1.32 bits per heavy atom. The molecule has 1 saturated heterocycles. The largest absolute Gasteiger partial charge is 0.493 e. The van der Waals surface area contributed by atoms with E-state index >= 15 is 0 Å². The summed E-state index contributed by atoms with van der Waals surface area (Å²) in [5.41, 5.74) is 1.98. The third-order valence-corrected chi connectivity index (χ3v) is 3.79. The molecule has 1 aromatic heterocycles. The predicted molar refractivity (Wildman–Crippen MR) is 74.7 cm³/mol. The Morgan fingerprint density at radius 3 is 2.68 bits per heavy atom. The molecule has 0 spiro atoms. The van der Waals surface area contributed by atoms with Gasteiger partial charge in [0, 0.05) is 18.7 Å². The molecule has 1 fully saturated rings. The minimum absolute atomic E-state index is 0.291. The SMILES string of the molecule is COc1cc2[nH]c(=S)n(C3CCOC3)c2cc1OC. The van der Waals surface area contributed by atoms with Crippen LogP contribution in [0.1, 0.15) is 12.5 Å². The van der Waals surface area contributed by atoms with Crippen molar-refractivity contribution in [2.75, 3.05) is 27.4 Å². The van der Waals surface area contributed by atoms with Crippen LogP contribution in [0.3, 0.4) is 0 Å². The second kappa shape index (κ2) is 4.86. The first-order chi connectivity index (χ1) is 9.24. The van der Waals surface area contributed by atoms with E-state index in [4.69, 9.17) is 26.4 Å². The van der Waals surface area contributed by atoms with E-state index in [9.17, 15) is 0 Å². The van der Waals surface area contributed by atoms with Crippen molar-refractivity contribution in [2.24, 2.45) is 0 Å². The number of H-pyrrole nitrogens is 1. The number of nitrogens with one attached hydrogen (secondary N) is 1. The molecule has 2 aromatic rings. The lowest BCUT2D eigenvalue weighted by Crippen LogP contribution is -2.08. The maximum Gasteiger partial charge on any atom is 0.178 e. The van der Waals surface area contributed by atoms with E-state index in [1.165, 1.54) is 0 Å². The van der Waals surface area contributed by atoms with Crippen molar-refractivity contribution in [3.05, 3.63) is 16.9 Å². The number of aromatic amines is 1. The summed E-state index contributed by atoms with van der Waals surface area (Å²) in [6, 6.07) is 4.16. The van der Waals surface area contributed by atoms with E-state index in [0.29, 0.717) is 28.9 Å². The van der Waals surface area contributed by atoms with Gasteiger partial charge >= 0.3 is 0 Å². The second-order valence-electron chi connectivity index (χ2n) is 4.54. The zero-order chi connectivity index (χ0) is 13.4. The van der Waals surface area contributed by atoms with Gasteiger partial charge in [-0.25, -0.2) is 0 Å². The zero-order valence-electron chi connectivity index (χ0n) is 10.9. The van der Waals surface area contributed by atoms with E-state index in [-0.39, 0.29) is 0 Å². The molecule has 0 saturated carbocycles. The average molecular weight is 280 g/mol. The van der Waals surface area contributed by atoms with Gasteiger partial charge < -0.3 is 23.8 Å². The Bertz CT molecular complexity index is 656. The summed E-state index contributed by atoms with van der Waals surface area (Å²) in [4.78, 5) is 3.22. The average Bonchev–Trinajstić information content (AvgIpc) is 3.02. The molecule has 1 aliphatic heterocycles. The first-order valence-corrected chi connectivity index (χ1v) is 6.59. The van der Waals surface area contributed by atoms with Crippen LogP contribution < -0.4 is 9.47 Å². The van der Waals surface area contributed by atoms with E-state index in [1.54, 1.807) is 14.2 Å². The molecule has 1 N–H and O–H groups in total. The van der Waals surface area contributed by atoms with Gasteiger partial charge in [-0.1, -0.05) is 0 Å². The van der Waals surface area contributed by atoms with Crippen LogP contribution in [0.15, 0.2) is 12.1 Å². The number of benzene rings is 1. The molecular formula is C13H16N2O3S. The Labute approximate surface area is 116 Å². The molecule has 2 heterocycles. The fourth-order valence-electron chi connectivity index (χ4n) is 2.54. The first-order valence-electron chi connectivity index (χ1n) is 6.18. The normalized spacial score (nSPS) is 18.9. The van der Waals surface area contributed by atoms with Crippen LogP contribution in [-0.4, -0.2) is 37.0 Å². The first kappa shape index (κ1) is 12.5. The number of nitrogens with zero attached hydrogens (tertiary/aromatic N) is 1. The number of ether oxygens (including phenoxy) is 3. The summed E-state index contributed by atoms with van der Waals surface area (Å²) < 4.78 is 18.9. The molecule has 19 heavy (non-hydrogen) atoms. The number of hydrogen-bond donors (Lipinski definition) is 1. The van der Waals surface area contributed by atoms with Crippen molar-refractivity contribution in [1.82, 2.24) is 9.55 Å². The maximum atomic E-state index is 5.45. The van der Waals surface area contributed by atoms with E-state index < -0.39 is 0 Å². The van der Waals surface area contributed by atoms with Gasteiger partial charge in [0.25, 0.3) is 0 Å². The topological polar surface area (TPSA) is 48.4 Å². The lowest BCUT2D eigenvalue weighted by molar-refractivity contribution is 0.187. The van der Waals surface area contributed by atoms with Crippen LogP contribution in [-0.2, 0) is 4.74 Å². The van der Waals surface area contributed by atoms with Crippen LogP contribution in [0.4, 0.5) is 0 Å². The summed E-state index contributed by atoms with van der Waals surface area (Å²) in [6.07, 6.45) is 0.982. The standard InChI is InChI=1S/C13H16N2O3S/c1-16-11-5-9-10(6-12(11)17-2)15(13(19)14-9)8-3-4-18-7-8/h5-6,8H,3-4,7H2,1-2H3,(H,14,19). The Kier molecular flexibility index (Phi) is 3.20. The molecule has 1 aromatic carbocycles. The highest BCUT2D eigenvalue weighted by Gasteiger charge is 2.21. The molecular weight excluding hydrogens is 264 g/mol. The Balaban J connectivity index is 2.21. The summed E-state index contributed by atoms with van der Waals surface area (Å²) in [7, 11) is 3.26. The van der Waals surface area contributed by atoms with Crippen molar-refractivity contribution >= 4 is 23.3 Å². The Hall–Kier alpha value is -1.53. The molecule has 102 valence electrons. The summed E-state index contributed by atoms with van der Waals surface area (Å²) >= 11 is 5.42. The predicted octanol–water partition coefficient (Wildman–Crippen LogP) is 2.68. The van der Waals surface area contributed by atoms with Crippen LogP contribution in [0.5, 0.6) is 11.5 Å². The third kappa shape index (κ3) is 2.01. The molecule has 0 radical (unpaired) electrons. The summed E-state index contributed by atoms with van der Waals surface area (Å²) in [6.45, 7) is 1.49. The molecule has 1 aliphatic rings. The van der Waals surface area contributed by atoms with Gasteiger partial charge in [-0.15, -0.1) is 0 Å². The molecule has 3 rings (SSSR count). The van der Waals surface area contributed by atoms with Gasteiger partial charge in [0.15, 0.2) is 16.3 Å². The molecule has 6 heteroatoms. The van der Waals surface area contributed by atoms with Gasteiger partial charge in [-0.2, -0.15) is 0 Å². The van der Waals surface area contributed by atoms with Crippen molar-refractivity contribution < 1.29 is 14.2 Å². The molecule has 1 unspecified atom stereocenters. The number of hydrogen-bond acceptors (Lipinski definition) is 4. The van der Waals surface area contributed by atoms with Crippen molar-refractivity contribution in [1.29, 1.82) is 0 Å². The lowest BCUT2D eigenvalue weighted by atomic mass is 10.2. The van der Waals surface area contributed by atoms with Gasteiger partial charge in [0.2, 0.25) is 0 Å². The zero-order valence-corrected chi connectivity index (χ0v) is 11.8. The van der Waals surface area contributed by atoms with Gasteiger partial charge in [0.05, 0.1) is 37.9 Å². The van der Waals surface area contributed by atoms with E-state index in [0.717, 1.165) is 24.1 Å². The van der Waals surface area contributed by atoms with Gasteiger partial charge in [-0.3, -0.25) is 0 Å². The minimum atomic E-state index is 0.291. The van der Waals surface area contributed by atoms with Crippen molar-refractivity contribution in [2.45, 2.75) is 12.5 Å². The number of imidazole rings is 1. The van der Waals surface area contributed by atoms with Crippen LogP contribution in [0.25, 0.3) is 11.0 Å². The van der Waals surface area contributed by atoms with Crippen LogP contribution in [0.2, 0.25) is 0 Å². The second-order valence-corrected chi connectivity index (χ2v) is 4.93. The fourth-order valence-corrected chi connectivity index (χ4v) is 2.90. The number of methoxy groups -OCH3 is 2. The third-order valence-electron chi connectivity index (χ3n) is 3.49. The molecule has 1 atom stereocenters. The van der Waals surface area contributed by atoms with E-state index in [1.807, 2.05) is 12.1 Å². The highest BCUT2D eigenvalue weighted by atomic mass is 32.1. The van der Waals surface area contributed by atoms with Crippen LogP contribution in [0, 0.1) is 4.77 Å². The van der Waals surface area contributed by atoms with Gasteiger partial charge in [-0.05, 0) is 18.6 Å². The van der Waals surface area contributed by atoms with Crippen molar-refractivity contribution in [3.8, 4) is 11.5 Å². The fraction of sp³-hybridized carbons (Fsp3) is 0.462. The monoisotopic (exact) mass is 280 g/mol. The maximum absolute atomic E-state index is 5.45. The van der Waals surface area contributed by atoms with E-state index in [2.05, 4.69) is 9.55 Å². The minimum Gasteiger partial charge on any atom is -0.493 e. The van der Waals surface area contributed by atoms with Gasteiger partial charge in [0.1, 0.15) is 0 Å². The Morgan fingerprint density at radius 2 is 2.05 bits per heavy atom. The summed E-state index contributed by atoms with van der Waals surface area (Å²) in [5, 5.41) is 0.